The minimum absolute atomic E-state index is 0.0618. The Labute approximate surface area is 124 Å². The van der Waals surface area contributed by atoms with Gasteiger partial charge in [0.1, 0.15) is 6.04 Å². The molecule has 1 aliphatic heterocycles. The summed E-state index contributed by atoms with van der Waals surface area (Å²) in [6, 6.07) is -0.864. The lowest BCUT2D eigenvalue weighted by atomic mass is 10.2. The van der Waals surface area contributed by atoms with E-state index in [1.54, 1.807) is 16.7 Å². The zero-order valence-electron chi connectivity index (χ0n) is 12.0. The number of unbranched alkanes of at least 4 members (excludes halogenated alkanes) is 3. The van der Waals surface area contributed by atoms with Gasteiger partial charge in [-0.1, -0.05) is 26.2 Å². The summed E-state index contributed by atoms with van der Waals surface area (Å²) in [5.41, 5.74) is 0. The highest BCUT2D eigenvalue weighted by atomic mass is 32.2. The van der Waals surface area contributed by atoms with Crippen molar-refractivity contribution < 1.29 is 14.7 Å². The van der Waals surface area contributed by atoms with E-state index in [1.807, 2.05) is 0 Å². The fourth-order valence-corrected chi connectivity index (χ4v) is 4.19. The molecule has 2 rings (SSSR count). The van der Waals surface area contributed by atoms with E-state index in [9.17, 15) is 14.7 Å². The molecule has 1 aliphatic carbocycles. The van der Waals surface area contributed by atoms with Crippen molar-refractivity contribution in [3.8, 4) is 0 Å². The Morgan fingerprint density at radius 3 is 2.65 bits per heavy atom. The monoisotopic (exact) mass is 300 g/mol. The summed E-state index contributed by atoms with van der Waals surface area (Å²) in [4.78, 5) is 25.1. The van der Waals surface area contributed by atoms with Crippen molar-refractivity contribution in [1.82, 2.24) is 10.2 Å². The van der Waals surface area contributed by atoms with Crippen LogP contribution in [0.3, 0.4) is 0 Å². The second-order valence-electron chi connectivity index (χ2n) is 5.62. The highest BCUT2D eigenvalue weighted by Crippen LogP contribution is 2.45. The van der Waals surface area contributed by atoms with Crippen molar-refractivity contribution in [1.29, 1.82) is 0 Å². The van der Waals surface area contributed by atoms with Gasteiger partial charge >= 0.3 is 12.0 Å². The summed E-state index contributed by atoms with van der Waals surface area (Å²) in [5.74, 6) is 0.122. The Bertz CT molecular complexity index is 360. The average molecular weight is 300 g/mol. The number of urea groups is 1. The fraction of sp³-hybridized carbons (Fsp3) is 0.857. The lowest BCUT2D eigenvalue weighted by molar-refractivity contribution is -0.141. The van der Waals surface area contributed by atoms with Gasteiger partial charge in [-0.3, -0.25) is 4.90 Å². The van der Waals surface area contributed by atoms with Crippen LogP contribution in [0.1, 0.15) is 45.4 Å². The van der Waals surface area contributed by atoms with Gasteiger partial charge in [0.25, 0.3) is 0 Å². The summed E-state index contributed by atoms with van der Waals surface area (Å²) in [7, 11) is 0. The number of carbonyl (C=O) groups is 2. The molecule has 2 fully saturated rings. The molecule has 2 unspecified atom stereocenters. The third kappa shape index (κ3) is 3.81. The predicted octanol–water partition coefficient (Wildman–Crippen LogP) is 2.51. The van der Waals surface area contributed by atoms with Gasteiger partial charge in [0.05, 0.1) is 5.37 Å². The van der Waals surface area contributed by atoms with Gasteiger partial charge in [0.2, 0.25) is 0 Å². The average Bonchev–Trinajstić information content (AvgIpc) is 3.16. The van der Waals surface area contributed by atoms with Crippen LogP contribution in [-0.2, 0) is 4.79 Å². The molecule has 0 spiro atoms. The molecule has 1 saturated carbocycles. The highest BCUT2D eigenvalue weighted by Gasteiger charge is 2.47. The molecule has 6 heteroatoms. The van der Waals surface area contributed by atoms with E-state index in [2.05, 4.69) is 12.2 Å². The van der Waals surface area contributed by atoms with Gasteiger partial charge in [-0.2, -0.15) is 0 Å². The smallest absolute Gasteiger partial charge is 0.327 e. The Kier molecular flexibility index (Phi) is 5.57. The van der Waals surface area contributed by atoms with Crippen molar-refractivity contribution in [2.24, 2.45) is 5.92 Å². The molecule has 114 valence electrons. The van der Waals surface area contributed by atoms with E-state index in [-0.39, 0.29) is 11.4 Å². The van der Waals surface area contributed by atoms with Crippen molar-refractivity contribution in [3.63, 3.8) is 0 Å². The van der Waals surface area contributed by atoms with E-state index in [0.717, 1.165) is 25.7 Å². The lowest BCUT2D eigenvalue weighted by Crippen LogP contribution is -2.50. The maximum absolute atomic E-state index is 12.3. The fourth-order valence-electron chi connectivity index (χ4n) is 2.56. The molecule has 2 atom stereocenters. The van der Waals surface area contributed by atoms with Crippen molar-refractivity contribution in [3.05, 3.63) is 0 Å². The Morgan fingerprint density at radius 2 is 2.05 bits per heavy atom. The van der Waals surface area contributed by atoms with Crippen LogP contribution >= 0.6 is 11.8 Å². The molecule has 2 amide bonds. The van der Waals surface area contributed by atoms with Crippen LogP contribution in [0.4, 0.5) is 4.79 Å². The van der Waals surface area contributed by atoms with Gasteiger partial charge in [-0.05, 0) is 25.2 Å². The van der Waals surface area contributed by atoms with Gasteiger partial charge in [-0.25, -0.2) is 9.59 Å². The van der Waals surface area contributed by atoms with Gasteiger partial charge in [-0.15, -0.1) is 11.8 Å². The molecule has 0 aromatic carbocycles. The first kappa shape index (κ1) is 15.5. The number of carboxylic acids is 1. The maximum atomic E-state index is 12.3. The molecule has 0 bridgehead atoms. The molecule has 1 saturated heterocycles. The van der Waals surface area contributed by atoms with Crippen molar-refractivity contribution >= 4 is 23.8 Å². The largest absolute Gasteiger partial charge is 0.480 e. The number of hydrogen-bond donors (Lipinski definition) is 2. The molecular formula is C14H24N2O3S. The summed E-state index contributed by atoms with van der Waals surface area (Å²) >= 11 is 1.62. The van der Waals surface area contributed by atoms with Gasteiger partial charge in [0.15, 0.2) is 0 Å². The van der Waals surface area contributed by atoms with E-state index >= 15 is 0 Å². The standard InChI is InChI=1S/C14H24N2O3S/c1-2-3-4-5-8-15-14(19)16-11(13(17)18)9-20-12(16)10-6-7-10/h10-12H,2-9H2,1H3,(H,15,19)(H,17,18). The second kappa shape index (κ2) is 7.20. The zero-order chi connectivity index (χ0) is 14.5. The molecule has 2 N–H and O–H groups in total. The molecule has 0 radical (unpaired) electrons. The predicted molar refractivity (Wildman–Crippen MR) is 79.8 cm³/mol. The second-order valence-corrected chi connectivity index (χ2v) is 6.76. The first-order valence-electron chi connectivity index (χ1n) is 7.55. The van der Waals surface area contributed by atoms with Crippen molar-refractivity contribution in [2.75, 3.05) is 12.3 Å². The summed E-state index contributed by atoms with van der Waals surface area (Å²) in [6.07, 6.45) is 6.65. The van der Waals surface area contributed by atoms with E-state index in [1.165, 1.54) is 12.8 Å². The minimum atomic E-state index is -0.887. The number of rotatable bonds is 7. The van der Waals surface area contributed by atoms with E-state index in [4.69, 9.17) is 0 Å². The molecule has 5 nitrogen and oxygen atoms in total. The lowest BCUT2D eigenvalue weighted by Gasteiger charge is -2.27. The number of nitrogens with one attached hydrogen (secondary N) is 1. The van der Waals surface area contributed by atoms with Crippen molar-refractivity contribution in [2.45, 2.75) is 56.9 Å². The number of amides is 2. The summed E-state index contributed by atoms with van der Waals surface area (Å²) in [6.45, 7) is 2.79. The van der Waals surface area contributed by atoms with E-state index in [0.29, 0.717) is 18.2 Å². The van der Waals surface area contributed by atoms with Crippen LogP contribution in [0.5, 0.6) is 0 Å². The Morgan fingerprint density at radius 1 is 1.30 bits per heavy atom. The number of carboxylic acid groups (broad SMARTS) is 1. The normalized spacial score (nSPS) is 25.8. The third-order valence-corrected chi connectivity index (χ3v) is 5.35. The Balaban J connectivity index is 1.85. The molecule has 0 aromatic heterocycles. The van der Waals surface area contributed by atoms with Crippen LogP contribution in [0.15, 0.2) is 0 Å². The molecule has 0 aromatic rings. The Hall–Kier alpha value is -0.910. The minimum Gasteiger partial charge on any atom is -0.480 e. The zero-order valence-corrected chi connectivity index (χ0v) is 12.8. The number of aliphatic carboxylic acids is 1. The SMILES string of the molecule is CCCCCCNC(=O)N1C(C(=O)O)CSC1C1CC1. The number of thioether (sulfide) groups is 1. The third-order valence-electron chi connectivity index (χ3n) is 3.89. The van der Waals surface area contributed by atoms with E-state index < -0.39 is 12.0 Å². The van der Waals surface area contributed by atoms with Crippen LogP contribution in [-0.4, -0.2) is 45.7 Å². The first-order valence-corrected chi connectivity index (χ1v) is 8.60. The number of hydrogen-bond acceptors (Lipinski definition) is 3. The summed E-state index contributed by atoms with van der Waals surface area (Å²) in [5, 5.41) is 12.2. The molecular weight excluding hydrogens is 276 g/mol. The van der Waals surface area contributed by atoms with Gasteiger partial charge < -0.3 is 10.4 Å². The number of carbonyl (C=O) groups excluding carboxylic acids is 1. The molecule has 2 aliphatic rings. The van der Waals surface area contributed by atoms with Gasteiger partial charge in [0, 0.05) is 12.3 Å². The maximum Gasteiger partial charge on any atom is 0.327 e. The van der Waals surface area contributed by atoms with Crippen LogP contribution in [0.25, 0.3) is 0 Å². The quantitative estimate of drug-likeness (QED) is 0.709. The topological polar surface area (TPSA) is 69.6 Å². The molecule has 20 heavy (non-hydrogen) atoms. The summed E-state index contributed by atoms with van der Waals surface area (Å²) < 4.78 is 0. The first-order chi connectivity index (χ1) is 9.65. The van der Waals surface area contributed by atoms with Crippen LogP contribution < -0.4 is 5.32 Å². The highest BCUT2D eigenvalue weighted by molar-refractivity contribution is 8.00. The van der Waals surface area contributed by atoms with Crippen LogP contribution in [0.2, 0.25) is 0 Å². The molecule has 1 heterocycles. The van der Waals surface area contributed by atoms with Crippen LogP contribution in [0, 0.1) is 5.92 Å². The number of nitrogens with zero attached hydrogens (tertiary/aromatic N) is 1.